The van der Waals surface area contributed by atoms with E-state index in [2.05, 4.69) is 23.6 Å². The van der Waals surface area contributed by atoms with Gasteiger partial charge in [-0.15, -0.1) is 0 Å². The average molecular weight is 367 g/mol. The van der Waals surface area contributed by atoms with E-state index >= 15 is 0 Å². The number of phenolic OH excluding ortho intramolecular Hbond substituents is 1. The normalized spacial score (nSPS) is 23.0. The van der Waals surface area contributed by atoms with Gasteiger partial charge in [0.05, 0.1) is 12.1 Å². The van der Waals surface area contributed by atoms with Crippen LogP contribution in [0.4, 0.5) is 0 Å². The number of phenols is 1. The summed E-state index contributed by atoms with van der Waals surface area (Å²) in [6.45, 7) is 10.2. The van der Waals surface area contributed by atoms with E-state index in [0.717, 1.165) is 31.1 Å². The van der Waals surface area contributed by atoms with Crippen LogP contribution in [-0.4, -0.2) is 54.2 Å². The molecule has 1 N–H and O–H groups in total. The summed E-state index contributed by atoms with van der Waals surface area (Å²) in [4.78, 5) is 5.26. The van der Waals surface area contributed by atoms with Crippen molar-refractivity contribution in [1.82, 2.24) is 9.80 Å². The minimum absolute atomic E-state index is 0.0273. The van der Waals surface area contributed by atoms with Crippen molar-refractivity contribution in [2.75, 3.05) is 33.3 Å². The van der Waals surface area contributed by atoms with Crippen LogP contribution in [0, 0.1) is 11.8 Å². The Kier molecular flexibility index (Phi) is 6.13. The topological polar surface area (TPSA) is 35.9 Å². The molecule has 5 heteroatoms. The van der Waals surface area contributed by atoms with Gasteiger partial charge in [0, 0.05) is 25.7 Å². The molecule has 4 nitrogen and oxygen atoms in total. The molecule has 2 aliphatic rings. The number of benzene rings is 1. The number of ether oxygens (including phenoxy) is 1. The van der Waals surface area contributed by atoms with E-state index in [-0.39, 0.29) is 5.75 Å². The molecule has 2 fully saturated rings. The van der Waals surface area contributed by atoms with E-state index in [1.54, 1.807) is 7.11 Å². The van der Waals surface area contributed by atoms with E-state index < -0.39 is 0 Å². The third-order valence-electron chi connectivity index (χ3n) is 5.51. The van der Waals surface area contributed by atoms with Crippen LogP contribution in [-0.2, 0) is 6.54 Å². The number of nitrogens with zero attached hydrogens (tertiary/aromatic N) is 2. The fourth-order valence-corrected chi connectivity index (χ4v) is 4.13. The maximum atomic E-state index is 9.93. The van der Waals surface area contributed by atoms with Crippen LogP contribution in [0.3, 0.4) is 0 Å². The Balaban J connectivity index is 1.70. The number of hydrogen-bond donors (Lipinski definition) is 1. The molecule has 25 heavy (non-hydrogen) atoms. The molecular formula is C20H31ClN2O2. The van der Waals surface area contributed by atoms with Crippen molar-refractivity contribution in [2.24, 2.45) is 11.8 Å². The molecule has 1 unspecified atom stereocenters. The average Bonchev–Trinajstić information content (AvgIpc) is 3.39. The van der Waals surface area contributed by atoms with Crippen molar-refractivity contribution in [1.29, 1.82) is 0 Å². The lowest BCUT2D eigenvalue weighted by molar-refractivity contribution is 0.132. The largest absolute Gasteiger partial charge is 0.503 e. The zero-order valence-corrected chi connectivity index (χ0v) is 16.4. The molecule has 1 aliphatic carbocycles. The molecule has 1 saturated carbocycles. The molecule has 1 aromatic carbocycles. The van der Waals surface area contributed by atoms with Gasteiger partial charge in [0.1, 0.15) is 0 Å². The van der Waals surface area contributed by atoms with Gasteiger partial charge in [-0.25, -0.2) is 0 Å². The highest BCUT2D eigenvalue weighted by Crippen LogP contribution is 2.36. The summed E-state index contributed by atoms with van der Waals surface area (Å²) in [7, 11) is 1.56. The van der Waals surface area contributed by atoms with Crippen molar-refractivity contribution < 1.29 is 9.84 Å². The van der Waals surface area contributed by atoms with Crippen LogP contribution in [0.5, 0.6) is 11.5 Å². The Hall–Kier alpha value is -0.970. The molecule has 0 amide bonds. The first-order chi connectivity index (χ1) is 12.0. The Bertz CT molecular complexity index is 589. The van der Waals surface area contributed by atoms with Crippen molar-refractivity contribution in [3.63, 3.8) is 0 Å². The zero-order chi connectivity index (χ0) is 18.0. The quantitative estimate of drug-likeness (QED) is 0.825. The Morgan fingerprint density at radius 1 is 1.28 bits per heavy atom. The van der Waals surface area contributed by atoms with Crippen LogP contribution >= 0.6 is 11.6 Å². The minimum atomic E-state index is 0.0273. The molecule has 1 aromatic rings. The van der Waals surface area contributed by atoms with Crippen LogP contribution < -0.4 is 4.74 Å². The molecule has 0 spiro atoms. The molecule has 1 saturated heterocycles. The highest BCUT2D eigenvalue weighted by atomic mass is 35.5. The van der Waals surface area contributed by atoms with Crippen LogP contribution in [0.15, 0.2) is 12.1 Å². The maximum absolute atomic E-state index is 9.93. The minimum Gasteiger partial charge on any atom is -0.503 e. The summed E-state index contributed by atoms with van der Waals surface area (Å²) in [5, 5.41) is 10.3. The molecular weight excluding hydrogens is 336 g/mol. The van der Waals surface area contributed by atoms with Gasteiger partial charge in [-0.3, -0.25) is 9.80 Å². The summed E-state index contributed by atoms with van der Waals surface area (Å²) in [6, 6.07) is 4.37. The van der Waals surface area contributed by atoms with Crippen molar-refractivity contribution in [2.45, 2.75) is 45.7 Å². The highest BCUT2D eigenvalue weighted by Gasteiger charge is 2.32. The third-order valence-corrected chi connectivity index (χ3v) is 5.80. The zero-order valence-electron chi connectivity index (χ0n) is 15.7. The Morgan fingerprint density at radius 3 is 2.68 bits per heavy atom. The molecule has 0 radical (unpaired) electrons. The molecule has 1 aliphatic heterocycles. The smallest absolute Gasteiger partial charge is 0.176 e. The number of rotatable bonds is 6. The van der Waals surface area contributed by atoms with Gasteiger partial charge in [-0.05, 0) is 61.9 Å². The van der Waals surface area contributed by atoms with Crippen LogP contribution in [0.25, 0.3) is 0 Å². The van der Waals surface area contributed by atoms with Gasteiger partial charge in [0.25, 0.3) is 0 Å². The second-order valence-electron chi connectivity index (χ2n) is 7.97. The van der Waals surface area contributed by atoms with Gasteiger partial charge >= 0.3 is 0 Å². The predicted molar refractivity (Wildman–Crippen MR) is 102 cm³/mol. The van der Waals surface area contributed by atoms with Crippen LogP contribution in [0.2, 0.25) is 5.02 Å². The monoisotopic (exact) mass is 366 g/mol. The van der Waals surface area contributed by atoms with E-state index in [1.165, 1.54) is 32.4 Å². The van der Waals surface area contributed by atoms with Crippen molar-refractivity contribution >= 4 is 11.6 Å². The highest BCUT2D eigenvalue weighted by molar-refractivity contribution is 6.32. The molecule has 140 valence electrons. The molecule has 1 atom stereocenters. The summed E-state index contributed by atoms with van der Waals surface area (Å²) in [6.07, 6.45) is 4.03. The van der Waals surface area contributed by atoms with E-state index in [4.69, 9.17) is 16.3 Å². The predicted octanol–water partition coefficient (Wildman–Crippen LogP) is 4.00. The second kappa shape index (κ2) is 8.15. The van der Waals surface area contributed by atoms with Crippen molar-refractivity contribution in [3.8, 4) is 11.5 Å². The first-order valence-corrected chi connectivity index (χ1v) is 9.87. The van der Waals surface area contributed by atoms with E-state index in [1.807, 2.05) is 12.1 Å². The fourth-order valence-electron chi connectivity index (χ4n) is 3.90. The lowest BCUT2D eigenvalue weighted by Crippen LogP contribution is -2.45. The van der Waals surface area contributed by atoms with Gasteiger partial charge in [-0.2, -0.15) is 0 Å². The summed E-state index contributed by atoms with van der Waals surface area (Å²) >= 11 is 6.16. The molecule has 3 rings (SSSR count). The fraction of sp³-hybridized carbons (Fsp3) is 0.700. The first kappa shape index (κ1) is 18.8. The molecule has 0 aromatic heterocycles. The van der Waals surface area contributed by atoms with Gasteiger partial charge < -0.3 is 9.84 Å². The molecule has 1 heterocycles. The third kappa shape index (κ3) is 4.81. The van der Waals surface area contributed by atoms with Crippen molar-refractivity contribution in [3.05, 3.63) is 22.7 Å². The van der Waals surface area contributed by atoms with Gasteiger partial charge in [-0.1, -0.05) is 25.4 Å². The van der Waals surface area contributed by atoms with Gasteiger partial charge in [0.2, 0.25) is 0 Å². The number of methoxy groups -OCH3 is 1. The Labute approximate surface area is 156 Å². The summed E-state index contributed by atoms with van der Waals surface area (Å²) in [5.41, 5.74) is 1.10. The maximum Gasteiger partial charge on any atom is 0.176 e. The SMILES string of the molecule is COc1cc(CN2CCCN(CC3CC3)C(C(C)C)C2)cc(Cl)c1O. The van der Waals surface area contributed by atoms with E-state index in [0.29, 0.717) is 22.7 Å². The second-order valence-corrected chi connectivity index (χ2v) is 8.37. The lowest BCUT2D eigenvalue weighted by Gasteiger charge is -2.34. The molecule has 0 bridgehead atoms. The number of halogens is 1. The summed E-state index contributed by atoms with van der Waals surface area (Å²) in [5.74, 6) is 2.07. The number of aromatic hydroxyl groups is 1. The Morgan fingerprint density at radius 2 is 2.04 bits per heavy atom. The van der Waals surface area contributed by atoms with E-state index in [9.17, 15) is 5.11 Å². The lowest BCUT2D eigenvalue weighted by atomic mass is 10.0. The number of hydrogen-bond acceptors (Lipinski definition) is 4. The van der Waals surface area contributed by atoms with Gasteiger partial charge in [0.15, 0.2) is 11.5 Å². The summed E-state index contributed by atoms with van der Waals surface area (Å²) < 4.78 is 5.25. The standard InChI is InChI=1S/C20H31ClN2O2/c1-14(2)18-13-22(7-4-8-23(18)12-15-5-6-15)11-16-9-17(21)20(24)19(10-16)25-3/h9-10,14-15,18,24H,4-8,11-13H2,1-3H3. The first-order valence-electron chi connectivity index (χ1n) is 9.49. The van der Waals surface area contributed by atoms with Crippen LogP contribution in [0.1, 0.15) is 38.7 Å².